The van der Waals surface area contributed by atoms with Crippen molar-refractivity contribution in [2.24, 2.45) is 0 Å². The smallest absolute Gasteiger partial charge is 0.338 e. The van der Waals surface area contributed by atoms with E-state index in [1.54, 1.807) is 30.3 Å². The molecule has 0 spiro atoms. The zero-order chi connectivity index (χ0) is 26.8. The molecule has 0 aliphatic carbocycles. The number of aryl methyl sites for hydroxylation is 1. The third-order valence-corrected chi connectivity index (χ3v) is 6.47. The van der Waals surface area contributed by atoms with Crippen LogP contribution in [0.2, 0.25) is 0 Å². The Labute approximate surface area is 224 Å². The van der Waals surface area contributed by atoms with Crippen molar-refractivity contribution >= 4 is 18.0 Å². The van der Waals surface area contributed by atoms with E-state index in [-0.39, 0.29) is 13.0 Å². The minimum atomic E-state index is -1.29. The molecule has 1 unspecified atom stereocenters. The normalized spacial score (nSPS) is 17.5. The zero-order valence-corrected chi connectivity index (χ0v) is 21.6. The molecule has 3 aromatic carbocycles. The maximum absolute atomic E-state index is 12.6. The van der Waals surface area contributed by atoms with Crippen molar-refractivity contribution in [3.05, 3.63) is 112 Å². The minimum absolute atomic E-state index is 0.152. The zero-order valence-electron chi connectivity index (χ0n) is 21.6. The number of hydrogen-bond acceptors (Lipinski definition) is 5. The number of ether oxygens (including phenoxy) is 2. The molecular formula is C33H32O5. The first-order chi connectivity index (χ1) is 18.5. The van der Waals surface area contributed by atoms with Crippen LogP contribution in [-0.2, 0) is 20.7 Å². The molecule has 1 fully saturated rings. The molecule has 0 amide bonds. The van der Waals surface area contributed by atoms with Crippen LogP contribution in [-0.4, -0.2) is 35.9 Å². The maximum atomic E-state index is 12.6. The number of aliphatic hydroxyl groups excluding tert-OH is 1. The summed E-state index contributed by atoms with van der Waals surface area (Å²) in [6.07, 6.45) is 6.63. The van der Waals surface area contributed by atoms with E-state index in [4.69, 9.17) is 9.47 Å². The molecule has 5 heteroatoms. The first-order valence-electron chi connectivity index (χ1n) is 13.0. The van der Waals surface area contributed by atoms with E-state index in [9.17, 15) is 14.7 Å². The van der Waals surface area contributed by atoms with Crippen molar-refractivity contribution in [3.8, 4) is 11.8 Å². The maximum Gasteiger partial charge on any atom is 0.338 e. The van der Waals surface area contributed by atoms with E-state index in [2.05, 4.69) is 30.9 Å². The van der Waals surface area contributed by atoms with Gasteiger partial charge < -0.3 is 14.6 Å². The lowest BCUT2D eigenvalue weighted by Crippen LogP contribution is -2.39. The Morgan fingerprint density at radius 2 is 1.63 bits per heavy atom. The summed E-state index contributed by atoms with van der Waals surface area (Å²) < 4.78 is 10.9. The van der Waals surface area contributed by atoms with Crippen LogP contribution < -0.4 is 0 Å². The van der Waals surface area contributed by atoms with Gasteiger partial charge in [-0.3, -0.25) is 0 Å². The summed E-state index contributed by atoms with van der Waals surface area (Å²) in [6.45, 7) is 1.51. The summed E-state index contributed by atoms with van der Waals surface area (Å²) in [4.78, 5) is 25.0. The summed E-state index contributed by atoms with van der Waals surface area (Å²) >= 11 is 0. The lowest BCUT2D eigenvalue weighted by molar-refractivity contribution is -0.154. The van der Waals surface area contributed by atoms with Gasteiger partial charge >= 0.3 is 11.9 Å². The van der Waals surface area contributed by atoms with Gasteiger partial charge in [0.2, 0.25) is 0 Å². The Morgan fingerprint density at radius 1 is 0.974 bits per heavy atom. The van der Waals surface area contributed by atoms with Crippen molar-refractivity contribution in [2.75, 3.05) is 13.2 Å². The fourth-order valence-electron chi connectivity index (χ4n) is 4.24. The topological polar surface area (TPSA) is 72.8 Å². The lowest BCUT2D eigenvalue weighted by Gasteiger charge is -2.24. The summed E-state index contributed by atoms with van der Waals surface area (Å²) in [5, 5.41) is 9.94. The third kappa shape index (κ3) is 7.21. The van der Waals surface area contributed by atoms with Crippen LogP contribution in [0.3, 0.4) is 0 Å². The summed E-state index contributed by atoms with van der Waals surface area (Å²) in [5.41, 5.74) is 3.39. The first kappa shape index (κ1) is 26.9. The molecule has 1 aliphatic rings. The second kappa shape index (κ2) is 12.9. The van der Waals surface area contributed by atoms with E-state index in [0.717, 1.165) is 23.1 Å². The number of unbranched alkanes of at least 4 members (excludes halogenated alkanes) is 2. The molecule has 194 valence electrons. The van der Waals surface area contributed by atoms with E-state index < -0.39 is 24.1 Å². The van der Waals surface area contributed by atoms with Crippen molar-refractivity contribution in [1.29, 1.82) is 0 Å². The molecule has 0 saturated carbocycles. The van der Waals surface area contributed by atoms with Gasteiger partial charge in [0.15, 0.2) is 5.60 Å². The molecule has 0 radical (unpaired) electrons. The van der Waals surface area contributed by atoms with Gasteiger partial charge in [0.25, 0.3) is 0 Å². The molecule has 1 saturated heterocycles. The van der Waals surface area contributed by atoms with Gasteiger partial charge in [-0.05, 0) is 66.4 Å². The van der Waals surface area contributed by atoms with Gasteiger partial charge in [-0.25, -0.2) is 9.59 Å². The molecule has 1 atom stereocenters. The average Bonchev–Trinajstić information content (AvgIpc) is 3.27. The van der Waals surface area contributed by atoms with E-state index in [1.807, 2.05) is 42.5 Å². The van der Waals surface area contributed by atoms with Gasteiger partial charge in [0, 0.05) is 23.1 Å². The summed E-state index contributed by atoms with van der Waals surface area (Å²) in [5.74, 6) is 5.20. The number of aliphatic hydroxyl groups is 1. The minimum Gasteiger partial charge on any atom is -0.458 e. The second-order valence-corrected chi connectivity index (χ2v) is 9.55. The average molecular weight is 509 g/mol. The Bertz CT molecular complexity index is 1330. The number of benzene rings is 3. The number of carbonyl (C=O) groups is 2. The Kier molecular flexibility index (Phi) is 9.13. The highest BCUT2D eigenvalue weighted by atomic mass is 16.6. The van der Waals surface area contributed by atoms with Crippen molar-refractivity contribution in [3.63, 3.8) is 0 Å². The van der Waals surface area contributed by atoms with Crippen molar-refractivity contribution in [2.45, 2.75) is 44.6 Å². The number of hydrogen-bond donors (Lipinski definition) is 1. The van der Waals surface area contributed by atoms with Crippen LogP contribution in [0.15, 0.2) is 84.4 Å². The Hall–Kier alpha value is -4.14. The van der Waals surface area contributed by atoms with Crippen LogP contribution in [0.25, 0.3) is 6.08 Å². The molecule has 5 nitrogen and oxygen atoms in total. The number of cyclic esters (lactones) is 1. The van der Waals surface area contributed by atoms with Gasteiger partial charge in [-0.1, -0.05) is 74.1 Å². The first-order valence-corrected chi connectivity index (χ1v) is 13.0. The molecule has 38 heavy (non-hydrogen) atoms. The monoisotopic (exact) mass is 508 g/mol. The second-order valence-electron chi connectivity index (χ2n) is 9.55. The van der Waals surface area contributed by atoms with Gasteiger partial charge in [-0.15, -0.1) is 0 Å². The molecule has 1 N–H and O–H groups in total. The molecule has 3 aromatic rings. The Morgan fingerprint density at radius 3 is 2.26 bits per heavy atom. The standard InChI is InChI=1S/C33H32O5/c1-2-3-5-8-25-11-13-26(14-12-25)15-16-27-17-19-29(20-18-27)31(35)37-24-33(23-34)22-30(32(36)38-33)21-28-9-6-4-7-10-28/h4,6-7,9-14,17-21,34H,2-3,5,8,22-24H2,1H3/b30-21+. The fourth-order valence-corrected chi connectivity index (χ4v) is 4.24. The highest BCUT2D eigenvalue weighted by molar-refractivity contribution is 5.96. The molecule has 4 rings (SSSR count). The molecular weight excluding hydrogens is 476 g/mol. The van der Waals surface area contributed by atoms with Gasteiger partial charge in [-0.2, -0.15) is 0 Å². The van der Waals surface area contributed by atoms with Crippen molar-refractivity contribution < 1.29 is 24.2 Å². The Balaban J connectivity index is 1.33. The fraction of sp³-hybridized carbons (Fsp3) is 0.273. The van der Waals surface area contributed by atoms with Crippen molar-refractivity contribution in [1.82, 2.24) is 0 Å². The van der Waals surface area contributed by atoms with E-state index in [1.165, 1.54) is 24.8 Å². The highest BCUT2D eigenvalue weighted by Crippen LogP contribution is 2.32. The van der Waals surface area contributed by atoms with Crippen LogP contribution in [0.4, 0.5) is 0 Å². The number of rotatable bonds is 9. The quantitative estimate of drug-likeness (QED) is 0.173. The summed E-state index contributed by atoms with van der Waals surface area (Å²) in [7, 11) is 0. The summed E-state index contributed by atoms with van der Waals surface area (Å²) in [6, 6.07) is 24.5. The van der Waals surface area contributed by atoms with E-state index >= 15 is 0 Å². The third-order valence-electron chi connectivity index (χ3n) is 6.47. The highest BCUT2D eigenvalue weighted by Gasteiger charge is 2.44. The molecule has 0 bridgehead atoms. The SMILES string of the molecule is CCCCCc1ccc(C#Cc2ccc(C(=O)OCC3(CO)C/C(=C\c4ccccc4)C(=O)O3)cc2)cc1. The molecule has 1 aliphatic heterocycles. The lowest BCUT2D eigenvalue weighted by atomic mass is 9.98. The molecule has 0 aromatic heterocycles. The van der Waals surface area contributed by atoms with Crippen LogP contribution in [0.1, 0.15) is 65.2 Å². The van der Waals surface area contributed by atoms with Crippen LogP contribution in [0.5, 0.6) is 0 Å². The predicted octanol–water partition coefficient (Wildman–Crippen LogP) is 5.74. The number of carbonyl (C=O) groups excluding carboxylic acids is 2. The van der Waals surface area contributed by atoms with Crippen LogP contribution in [0, 0.1) is 11.8 Å². The predicted molar refractivity (Wildman–Crippen MR) is 147 cm³/mol. The van der Waals surface area contributed by atoms with Crippen LogP contribution >= 0.6 is 0 Å². The number of esters is 2. The largest absolute Gasteiger partial charge is 0.458 e. The van der Waals surface area contributed by atoms with Gasteiger partial charge in [0.1, 0.15) is 6.61 Å². The van der Waals surface area contributed by atoms with Gasteiger partial charge in [0.05, 0.1) is 12.2 Å². The van der Waals surface area contributed by atoms with E-state index in [0.29, 0.717) is 11.1 Å². The molecule has 1 heterocycles.